The maximum atomic E-state index is 13.0. The molecule has 0 radical (unpaired) electrons. The molecule has 0 heterocycles. The van der Waals surface area contributed by atoms with E-state index in [4.69, 9.17) is 0 Å². The molecule has 0 bridgehead atoms. The van der Waals surface area contributed by atoms with Crippen molar-refractivity contribution in [2.24, 2.45) is 0 Å². The van der Waals surface area contributed by atoms with Crippen LogP contribution in [0.4, 0.5) is 4.39 Å². The Morgan fingerprint density at radius 2 is 2.12 bits per heavy atom. The molecule has 0 atom stereocenters. The molecule has 0 unspecified atom stereocenters. The lowest BCUT2D eigenvalue weighted by Gasteiger charge is -2.09. The van der Waals surface area contributed by atoms with Gasteiger partial charge in [0.05, 0.1) is 0 Å². The number of halogens is 2. The van der Waals surface area contributed by atoms with Gasteiger partial charge in [0.25, 0.3) is 0 Å². The van der Waals surface area contributed by atoms with E-state index in [9.17, 15) is 9.18 Å². The Morgan fingerprint density at radius 1 is 1.44 bits per heavy atom. The molecular formula is C12H15BrFNO. The van der Waals surface area contributed by atoms with Crippen molar-refractivity contribution in [3.8, 4) is 0 Å². The second kappa shape index (κ2) is 6.11. The molecule has 0 fully saturated rings. The summed E-state index contributed by atoms with van der Waals surface area (Å²) in [4.78, 5) is 13.6. The average molecular weight is 288 g/mol. The van der Waals surface area contributed by atoms with Gasteiger partial charge in [-0.2, -0.15) is 0 Å². The zero-order valence-electron chi connectivity index (χ0n) is 9.46. The van der Waals surface area contributed by atoms with Crippen molar-refractivity contribution >= 4 is 21.7 Å². The minimum atomic E-state index is -0.307. The summed E-state index contributed by atoms with van der Waals surface area (Å²) in [5.41, 5.74) is 0.712. The first-order valence-corrected chi connectivity index (χ1v) is 5.88. The first-order valence-electron chi connectivity index (χ1n) is 5.09. The number of carbonyl (C=O) groups excluding carboxylic acids is 1. The topological polar surface area (TPSA) is 20.3 Å². The van der Waals surface area contributed by atoms with Crippen molar-refractivity contribution in [3.63, 3.8) is 0 Å². The molecule has 16 heavy (non-hydrogen) atoms. The van der Waals surface area contributed by atoms with Gasteiger partial charge < -0.3 is 4.90 Å². The fraction of sp³-hybridized carbons (Fsp3) is 0.417. The van der Waals surface area contributed by atoms with Crippen LogP contribution < -0.4 is 0 Å². The molecule has 0 saturated heterocycles. The lowest BCUT2D eigenvalue weighted by atomic mass is 10.1. The average Bonchev–Trinajstić information content (AvgIpc) is 2.20. The van der Waals surface area contributed by atoms with Crippen LogP contribution in [0.5, 0.6) is 0 Å². The van der Waals surface area contributed by atoms with Crippen molar-refractivity contribution in [1.82, 2.24) is 4.90 Å². The standard InChI is InChI=1S/C12H15BrFNO/c1-15(2)6-5-11(16)8-9-7-10(14)3-4-12(9)13/h3-4,7H,5-6,8H2,1-2H3. The first kappa shape index (κ1) is 13.3. The molecule has 0 spiro atoms. The molecule has 0 amide bonds. The maximum absolute atomic E-state index is 13.0. The third-order valence-corrected chi connectivity index (χ3v) is 3.01. The van der Waals surface area contributed by atoms with Crippen LogP contribution >= 0.6 is 15.9 Å². The number of hydrogen-bond acceptors (Lipinski definition) is 2. The number of carbonyl (C=O) groups is 1. The summed E-state index contributed by atoms with van der Waals surface area (Å²) in [5.74, 6) is -0.182. The number of hydrogen-bond donors (Lipinski definition) is 0. The molecule has 0 aromatic heterocycles. The lowest BCUT2D eigenvalue weighted by molar-refractivity contribution is -0.118. The highest BCUT2D eigenvalue weighted by molar-refractivity contribution is 9.10. The fourth-order valence-electron chi connectivity index (χ4n) is 1.33. The SMILES string of the molecule is CN(C)CCC(=O)Cc1cc(F)ccc1Br. The Balaban J connectivity index is 2.59. The smallest absolute Gasteiger partial charge is 0.138 e. The van der Waals surface area contributed by atoms with Gasteiger partial charge in [0.2, 0.25) is 0 Å². The Morgan fingerprint density at radius 3 is 2.75 bits per heavy atom. The zero-order chi connectivity index (χ0) is 12.1. The van der Waals surface area contributed by atoms with Crippen molar-refractivity contribution in [2.45, 2.75) is 12.8 Å². The largest absolute Gasteiger partial charge is 0.309 e. The van der Waals surface area contributed by atoms with Gasteiger partial charge in [-0.15, -0.1) is 0 Å². The molecule has 88 valence electrons. The maximum Gasteiger partial charge on any atom is 0.138 e. The van der Waals surface area contributed by atoms with Crippen LogP contribution in [0.25, 0.3) is 0 Å². The van der Waals surface area contributed by atoms with Crippen molar-refractivity contribution in [2.75, 3.05) is 20.6 Å². The zero-order valence-corrected chi connectivity index (χ0v) is 11.1. The first-order chi connectivity index (χ1) is 7.49. The van der Waals surface area contributed by atoms with E-state index in [0.29, 0.717) is 12.0 Å². The number of ketones is 1. The van der Waals surface area contributed by atoms with Gasteiger partial charge in [-0.3, -0.25) is 4.79 Å². The van der Waals surface area contributed by atoms with Crippen LogP contribution in [0.3, 0.4) is 0 Å². The third-order valence-electron chi connectivity index (χ3n) is 2.23. The molecule has 4 heteroatoms. The molecule has 0 aliphatic heterocycles. The van der Waals surface area contributed by atoms with Crippen molar-refractivity contribution in [1.29, 1.82) is 0 Å². The minimum Gasteiger partial charge on any atom is -0.309 e. The van der Waals surface area contributed by atoms with Crippen LogP contribution in [0.1, 0.15) is 12.0 Å². The molecule has 1 aromatic rings. The van der Waals surface area contributed by atoms with Gasteiger partial charge in [-0.25, -0.2) is 4.39 Å². The van der Waals surface area contributed by atoms with Crippen LogP contribution in [-0.2, 0) is 11.2 Å². The van der Waals surface area contributed by atoms with E-state index in [0.717, 1.165) is 11.0 Å². The molecule has 2 nitrogen and oxygen atoms in total. The van der Waals surface area contributed by atoms with Gasteiger partial charge in [0, 0.05) is 23.9 Å². The molecule has 0 N–H and O–H groups in total. The summed E-state index contributed by atoms with van der Waals surface area (Å²) in [6, 6.07) is 4.40. The van der Waals surface area contributed by atoms with E-state index in [-0.39, 0.29) is 18.0 Å². The van der Waals surface area contributed by atoms with Gasteiger partial charge in [0.1, 0.15) is 11.6 Å². The highest BCUT2D eigenvalue weighted by Gasteiger charge is 2.08. The van der Waals surface area contributed by atoms with Crippen molar-refractivity contribution in [3.05, 3.63) is 34.1 Å². The summed E-state index contributed by atoms with van der Waals surface area (Å²) >= 11 is 3.31. The van der Waals surface area contributed by atoms with Gasteiger partial charge in [-0.05, 0) is 37.9 Å². The Hall–Kier alpha value is -0.740. The Labute approximate surface area is 104 Å². The quantitative estimate of drug-likeness (QED) is 0.830. The molecule has 0 saturated carbocycles. The second-order valence-electron chi connectivity index (χ2n) is 4.00. The Bertz CT molecular complexity index is 379. The van der Waals surface area contributed by atoms with E-state index in [1.807, 2.05) is 19.0 Å². The highest BCUT2D eigenvalue weighted by atomic mass is 79.9. The van der Waals surface area contributed by atoms with Crippen LogP contribution in [0.2, 0.25) is 0 Å². The van der Waals surface area contributed by atoms with E-state index in [2.05, 4.69) is 15.9 Å². The number of rotatable bonds is 5. The normalized spacial score (nSPS) is 10.8. The van der Waals surface area contributed by atoms with E-state index in [1.54, 1.807) is 6.07 Å². The highest BCUT2D eigenvalue weighted by Crippen LogP contribution is 2.18. The summed E-state index contributed by atoms with van der Waals surface area (Å²) in [7, 11) is 3.84. The van der Waals surface area contributed by atoms with E-state index < -0.39 is 0 Å². The second-order valence-corrected chi connectivity index (χ2v) is 4.86. The third kappa shape index (κ3) is 4.41. The molecule has 1 aromatic carbocycles. The van der Waals surface area contributed by atoms with Gasteiger partial charge in [0.15, 0.2) is 0 Å². The number of Topliss-reactive ketones (excluding diaryl/α,β-unsaturated/α-hetero) is 1. The van der Waals surface area contributed by atoms with Crippen molar-refractivity contribution < 1.29 is 9.18 Å². The summed E-state index contributed by atoms with van der Waals surface area (Å²) in [5, 5.41) is 0. The van der Waals surface area contributed by atoms with Gasteiger partial charge >= 0.3 is 0 Å². The van der Waals surface area contributed by atoms with Gasteiger partial charge in [-0.1, -0.05) is 15.9 Å². The fourth-order valence-corrected chi connectivity index (χ4v) is 1.71. The van der Waals surface area contributed by atoms with Crippen LogP contribution in [-0.4, -0.2) is 31.3 Å². The predicted octanol–water partition coefficient (Wildman–Crippen LogP) is 2.65. The molecular weight excluding hydrogens is 273 g/mol. The van der Waals surface area contributed by atoms with E-state index >= 15 is 0 Å². The molecule has 1 rings (SSSR count). The van der Waals surface area contributed by atoms with Crippen LogP contribution in [0.15, 0.2) is 22.7 Å². The predicted molar refractivity (Wildman–Crippen MR) is 66.0 cm³/mol. The number of benzene rings is 1. The van der Waals surface area contributed by atoms with E-state index in [1.165, 1.54) is 12.1 Å². The molecule has 0 aliphatic rings. The van der Waals surface area contributed by atoms with Crippen LogP contribution in [0, 0.1) is 5.82 Å². The Kier molecular flexibility index (Phi) is 5.09. The lowest BCUT2D eigenvalue weighted by Crippen LogP contribution is -2.17. The molecule has 0 aliphatic carbocycles. The summed E-state index contributed by atoms with van der Waals surface area (Å²) in [6.45, 7) is 0.728. The monoisotopic (exact) mass is 287 g/mol. The number of nitrogens with zero attached hydrogens (tertiary/aromatic N) is 1. The summed E-state index contributed by atoms with van der Waals surface area (Å²) in [6.07, 6.45) is 0.780. The summed E-state index contributed by atoms with van der Waals surface area (Å²) < 4.78 is 13.8. The minimum absolute atomic E-state index is 0.125.